The monoisotopic (exact) mass is 460 g/mol. The predicted octanol–water partition coefficient (Wildman–Crippen LogP) is 8.95. The number of aromatic nitrogens is 1. The van der Waals surface area contributed by atoms with Crippen LogP contribution >= 0.6 is 0 Å². The molecule has 0 unspecified atom stereocenters. The Kier molecular flexibility index (Phi) is 6.38. The maximum Gasteiger partial charge on any atom is 0.0541 e. The fourth-order valence-corrected chi connectivity index (χ4v) is 5.22. The summed E-state index contributed by atoms with van der Waals surface area (Å²) in [6.07, 6.45) is 2.21. The Hall–Kier alpha value is -3.52. The van der Waals surface area contributed by atoms with E-state index in [1.165, 1.54) is 50.0 Å². The van der Waals surface area contributed by atoms with Gasteiger partial charge in [0.05, 0.1) is 11.0 Å². The Balaban J connectivity index is 1.63. The summed E-state index contributed by atoms with van der Waals surface area (Å²) in [6.45, 7) is 9.18. The van der Waals surface area contributed by atoms with Gasteiger partial charge in [-0.25, -0.2) is 0 Å². The van der Waals surface area contributed by atoms with Crippen LogP contribution < -0.4 is 4.90 Å². The molecule has 2 nitrogen and oxygen atoms in total. The van der Waals surface area contributed by atoms with E-state index in [2.05, 4.69) is 135 Å². The number of anilines is 2. The summed E-state index contributed by atoms with van der Waals surface area (Å²) in [5.74, 6) is 1.29. The molecule has 0 N–H and O–H groups in total. The lowest BCUT2D eigenvalue weighted by Crippen LogP contribution is -2.09. The van der Waals surface area contributed by atoms with Gasteiger partial charge in [0.15, 0.2) is 0 Å². The summed E-state index contributed by atoms with van der Waals surface area (Å²) in [5, 5.41) is 2.71. The molecule has 1 aromatic heterocycles. The Bertz CT molecular complexity index is 1370. The van der Waals surface area contributed by atoms with Crippen molar-refractivity contribution in [1.82, 2.24) is 4.57 Å². The maximum absolute atomic E-state index is 2.43. The average molecular weight is 461 g/mol. The van der Waals surface area contributed by atoms with E-state index in [1.54, 1.807) is 0 Å². The molecular formula is C33H36N2. The van der Waals surface area contributed by atoms with Crippen molar-refractivity contribution in [1.29, 1.82) is 0 Å². The molecule has 0 saturated heterocycles. The summed E-state index contributed by atoms with van der Waals surface area (Å²) in [5.41, 5.74) is 8.95. The Labute approximate surface area is 209 Å². The number of rotatable bonds is 7. The van der Waals surface area contributed by atoms with Crippen LogP contribution in [0.2, 0.25) is 0 Å². The molecule has 0 amide bonds. The molecule has 1 heterocycles. The van der Waals surface area contributed by atoms with Gasteiger partial charge < -0.3 is 9.47 Å². The third-order valence-corrected chi connectivity index (χ3v) is 6.82. The van der Waals surface area contributed by atoms with Crippen LogP contribution in [0.3, 0.4) is 0 Å². The molecule has 0 aliphatic rings. The number of para-hydroxylation sites is 1. The molecule has 0 radical (unpaired) electrons. The molecule has 0 bridgehead atoms. The first kappa shape index (κ1) is 23.2. The van der Waals surface area contributed by atoms with Gasteiger partial charge >= 0.3 is 0 Å². The molecule has 0 aliphatic carbocycles. The second kappa shape index (κ2) is 9.62. The lowest BCUT2D eigenvalue weighted by molar-refractivity contribution is 0.647. The van der Waals surface area contributed by atoms with Crippen LogP contribution in [0, 0.1) is 11.8 Å². The van der Waals surface area contributed by atoms with E-state index >= 15 is 0 Å². The summed E-state index contributed by atoms with van der Waals surface area (Å²) >= 11 is 0. The zero-order chi connectivity index (χ0) is 24.5. The summed E-state index contributed by atoms with van der Waals surface area (Å²) in [7, 11) is 2.12. The molecule has 5 rings (SSSR count). The van der Waals surface area contributed by atoms with Gasteiger partial charge in [-0.1, -0.05) is 58.0 Å². The fraction of sp³-hybridized carbons (Fsp3) is 0.273. The zero-order valence-electron chi connectivity index (χ0n) is 21.6. The molecule has 0 saturated carbocycles. The van der Waals surface area contributed by atoms with Crippen LogP contribution in [-0.4, -0.2) is 11.6 Å². The van der Waals surface area contributed by atoms with E-state index in [0.29, 0.717) is 11.8 Å². The molecule has 0 fully saturated rings. The van der Waals surface area contributed by atoms with Gasteiger partial charge in [0.25, 0.3) is 0 Å². The number of hydrogen-bond acceptors (Lipinski definition) is 1. The van der Waals surface area contributed by atoms with E-state index in [-0.39, 0.29) is 0 Å². The third-order valence-electron chi connectivity index (χ3n) is 6.82. The standard InChI is InChI=1S/C33H36N2/c1-23(2)19-25-11-17-32-30(21-25)31-22-26(20-24(3)4)12-18-33(31)35(32)29-15-13-28(14-16-29)34(5)27-9-7-6-8-10-27/h6-18,21-24H,19-20H2,1-5H3. The summed E-state index contributed by atoms with van der Waals surface area (Å²) < 4.78 is 2.43. The van der Waals surface area contributed by atoms with Gasteiger partial charge in [-0.15, -0.1) is 0 Å². The highest BCUT2D eigenvalue weighted by Gasteiger charge is 2.15. The van der Waals surface area contributed by atoms with Crippen molar-refractivity contribution >= 4 is 33.2 Å². The summed E-state index contributed by atoms with van der Waals surface area (Å²) in [4.78, 5) is 2.23. The van der Waals surface area contributed by atoms with E-state index in [0.717, 1.165) is 12.8 Å². The Morgan fingerprint density at radius 3 is 1.57 bits per heavy atom. The van der Waals surface area contributed by atoms with Crippen molar-refractivity contribution in [2.75, 3.05) is 11.9 Å². The Morgan fingerprint density at radius 1 is 0.600 bits per heavy atom. The van der Waals surface area contributed by atoms with Gasteiger partial charge in [0.1, 0.15) is 0 Å². The first-order chi connectivity index (χ1) is 16.9. The minimum Gasteiger partial charge on any atom is -0.345 e. The van der Waals surface area contributed by atoms with E-state index in [1.807, 2.05) is 0 Å². The van der Waals surface area contributed by atoms with Crippen LogP contribution in [0.5, 0.6) is 0 Å². The van der Waals surface area contributed by atoms with Crippen LogP contribution in [0.25, 0.3) is 27.5 Å². The van der Waals surface area contributed by atoms with Crippen molar-refractivity contribution in [2.45, 2.75) is 40.5 Å². The number of nitrogens with zero attached hydrogens (tertiary/aromatic N) is 2. The van der Waals surface area contributed by atoms with Gasteiger partial charge in [0, 0.05) is 34.9 Å². The SMILES string of the molecule is CC(C)Cc1ccc2c(c1)c1cc(CC(C)C)ccc1n2-c1ccc(N(C)c2ccccc2)cc1. The van der Waals surface area contributed by atoms with Gasteiger partial charge in [0.2, 0.25) is 0 Å². The van der Waals surface area contributed by atoms with E-state index in [9.17, 15) is 0 Å². The first-order valence-corrected chi connectivity index (χ1v) is 12.9. The van der Waals surface area contributed by atoms with Crippen LogP contribution in [0.15, 0.2) is 91.0 Å². The molecule has 4 aromatic carbocycles. The number of benzene rings is 4. The van der Waals surface area contributed by atoms with Crippen molar-refractivity contribution in [3.8, 4) is 5.69 Å². The normalized spacial score (nSPS) is 11.7. The molecule has 2 heteroatoms. The van der Waals surface area contributed by atoms with Crippen molar-refractivity contribution in [3.63, 3.8) is 0 Å². The largest absolute Gasteiger partial charge is 0.345 e. The van der Waals surface area contributed by atoms with E-state index < -0.39 is 0 Å². The molecule has 0 spiro atoms. The highest BCUT2D eigenvalue weighted by Crippen LogP contribution is 2.35. The third kappa shape index (κ3) is 4.71. The van der Waals surface area contributed by atoms with Gasteiger partial charge in [-0.2, -0.15) is 0 Å². The quantitative estimate of drug-likeness (QED) is 0.235. The van der Waals surface area contributed by atoms with Crippen molar-refractivity contribution < 1.29 is 0 Å². The van der Waals surface area contributed by atoms with Gasteiger partial charge in [-0.05, 0) is 96.5 Å². The molecule has 178 valence electrons. The van der Waals surface area contributed by atoms with Crippen LogP contribution in [0.4, 0.5) is 11.4 Å². The minimum atomic E-state index is 0.645. The second-order valence-corrected chi connectivity index (χ2v) is 10.6. The average Bonchev–Trinajstić information content (AvgIpc) is 3.16. The van der Waals surface area contributed by atoms with Crippen LogP contribution in [0.1, 0.15) is 38.8 Å². The molecule has 0 aliphatic heterocycles. The minimum absolute atomic E-state index is 0.645. The fourth-order valence-electron chi connectivity index (χ4n) is 5.22. The topological polar surface area (TPSA) is 8.17 Å². The van der Waals surface area contributed by atoms with Crippen LogP contribution in [-0.2, 0) is 12.8 Å². The van der Waals surface area contributed by atoms with Crippen molar-refractivity contribution in [3.05, 3.63) is 102 Å². The highest BCUT2D eigenvalue weighted by atomic mass is 15.1. The number of fused-ring (bicyclic) bond motifs is 3. The first-order valence-electron chi connectivity index (χ1n) is 12.9. The maximum atomic E-state index is 2.43. The second-order valence-electron chi connectivity index (χ2n) is 10.6. The molecule has 0 atom stereocenters. The zero-order valence-corrected chi connectivity index (χ0v) is 21.6. The van der Waals surface area contributed by atoms with Crippen molar-refractivity contribution in [2.24, 2.45) is 11.8 Å². The number of hydrogen-bond donors (Lipinski definition) is 0. The highest BCUT2D eigenvalue weighted by molar-refractivity contribution is 6.09. The van der Waals surface area contributed by atoms with Gasteiger partial charge in [-0.3, -0.25) is 0 Å². The lowest BCUT2D eigenvalue weighted by Gasteiger charge is -2.20. The molecule has 35 heavy (non-hydrogen) atoms. The predicted molar refractivity (Wildman–Crippen MR) is 152 cm³/mol. The van der Waals surface area contributed by atoms with E-state index in [4.69, 9.17) is 0 Å². The molecule has 5 aromatic rings. The lowest BCUT2D eigenvalue weighted by atomic mass is 9.99. The molecular weight excluding hydrogens is 424 g/mol. The summed E-state index contributed by atoms with van der Waals surface area (Å²) in [6, 6.07) is 33.5. The Morgan fingerprint density at radius 2 is 1.09 bits per heavy atom. The smallest absolute Gasteiger partial charge is 0.0541 e.